The van der Waals surface area contributed by atoms with E-state index in [1.165, 1.54) is 5.56 Å². The molecule has 3 heteroatoms. The zero-order valence-corrected chi connectivity index (χ0v) is 12.7. The third kappa shape index (κ3) is 3.75. The van der Waals surface area contributed by atoms with Gasteiger partial charge in [0.1, 0.15) is 12.4 Å². The second kappa shape index (κ2) is 6.78. The number of hydrogen-bond donors (Lipinski definition) is 1. The van der Waals surface area contributed by atoms with Crippen LogP contribution in [0.25, 0.3) is 0 Å². The summed E-state index contributed by atoms with van der Waals surface area (Å²) >= 11 is 6.21. The van der Waals surface area contributed by atoms with Gasteiger partial charge >= 0.3 is 0 Å². The summed E-state index contributed by atoms with van der Waals surface area (Å²) in [4.78, 5) is 0. The van der Waals surface area contributed by atoms with Crippen molar-refractivity contribution in [2.75, 3.05) is 0 Å². The van der Waals surface area contributed by atoms with Gasteiger partial charge in [0.15, 0.2) is 0 Å². The zero-order chi connectivity index (χ0) is 14.5. The van der Waals surface area contributed by atoms with E-state index in [0.717, 1.165) is 17.5 Å². The van der Waals surface area contributed by atoms with Crippen molar-refractivity contribution in [2.24, 2.45) is 5.73 Å². The molecule has 0 aromatic heterocycles. The first kappa shape index (κ1) is 14.9. The molecule has 2 rings (SSSR count). The highest BCUT2D eigenvalue weighted by Gasteiger charge is 2.06. The van der Waals surface area contributed by atoms with Gasteiger partial charge in [0, 0.05) is 6.04 Å². The predicted molar refractivity (Wildman–Crippen MR) is 84.2 cm³/mol. The van der Waals surface area contributed by atoms with Gasteiger partial charge in [-0.15, -0.1) is 0 Å². The Kier molecular flexibility index (Phi) is 5.05. The minimum Gasteiger partial charge on any atom is -0.487 e. The Morgan fingerprint density at radius 3 is 2.30 bits per heavy atom. The van der Waals surface area contributed by atoms with Gasteiger partial charge in [-0.25, -0.2) is 0 Å². The van der Waals surface area contributed by atoms with Crippen molar-refractivity contribution >= 4 is 11.6 Å². The molecule has 0 saturated carbocycles. The number of halogens is 1. The van der Waals surface area contributed by atoms with Crippen LogP contribution in [0.3, 0.4) is 0 Å². The second-order valence-electron chi connectivity index (χ2n) is 4.94. The molecule has 20 heavy (non-hydrogen) atoms. The van der Waals surface area contributed by atoms with Gasteiger partial charge in [-0.1, -0.05) is 48.9 Å². The van der Waals surface area contributed by atoms with Crippen LogP contribution in [0.1, 0.15) is 36.6 Å². The highest BCUT2D eigenvalue weighted by Crippen LogP contribution is 2.28. The topological polar surface area (TPSA) is 35.2 Å². The average Bonchev–Trinajstić information content (AvgIpc) is 2.46. The number of ether oxygens (including phenoxy) is 1. The van der Waals surface area contributed by atoms with Gasteiger partial charge in [-0.2, -0.15) is 0 Å². The van der Waals surface area contributed by atoms with Gasteiger partial charge in [0.25, 0.3) is 0 Å². The summed E-state index contributed by atoms with van der Waals surface area (Å²) in [5.41, 5.74) is 9.30. The van der Waals surface area contributed by atoms with Gasteiger partial charge in [0.2, 0.25) is 0 Å². The second-order valence-corrected chi connectivity index (χ2v) is 5.34. The predicted octanol–water partition coefficient (Wildman–Crippen LogP) is 4.50. The molecule has 2 aromatic rings. The summed E-state index contributed by atoms with van der Waals surface area (Å²) in [5.74, 6) is 0.690. The smallest absolute Gasteiger partial charge is 0.138 e. The molecule has 0 spiro atoms. The van der Waals surface area contributed by atoms with Crippen molar-refractivity contribution in [3.05, 3.63) is 64.2 Å². The molecule has 0 heterocycles. The van der Waals surface area contributed by atoms with Crippen molar-refractivity contribution in [3.63, 3.8) is 0 Å². The molecule has 2 aromatic carbocycles. The molecular formula is C17H20ClNO. The Morgan fingerprint density at radius 1 is 1.10 bits per heavy atom. The Balaban J connectivity index is 2.03. The molecule has 0 fully saturated rings. The highest BCUT2D eigenvalue weighted by molar-refractivity contribution is 6.32. The summed E-state index contributed by atoms with van der Waals surface area (Å²) in [7, 11) is 0. The fourth-order valence-corrected chi connectivity index (χ4v) is 2.19. The molecular weight excluding hydrogens is 270 g/mol. The van der Waals surface area contributed by atoms with E-state index >= 15 is 0 Å². The number of benzene rings is 2. The highest BCUT2D eigenvalue weighted by atomic mass is 35.5. The maximum Gasteiger partial charge on any atom is 0.138 e. The molecule has 1 atom stereocenters. The maximum atomic E-state index is 6.21. The first-order chi connectivity index (χ1) is 9.60. The van der Waals surface area contributed by atoms with Crippen LogP contribution in [0.5, 0.6) is 5.75 Å². The van der Waals surface area contributed by atoms with Gasteiger partial charge in [-0.05, 0) is 42.2 Å². The minimum atomic E-state index is -0.0249. The number of rotatable bonds is 5. The minimum absolute atomic E-state index is 0.0249. The van der Waals surface area contributed by atoms with E-state index < -0.39 is 0 Å². The third-order valence-electron chi connectivity index (χ3n) is 3.31. The molecule has 0 unspecified atom stereocenters. The lowest BCUT2D eigenvalue weighted by molar-refractivity contribution is 0.306. The van der Waals surface area contributed by atoms with Crippen LogP contribution in [0.15, 0.2) is 42.5 Å². The largest absolute Gasteiger partial charge is 0.487 e. The number of nitrogens with two attached hydrogens (primary N) is 1. The lowest BCUT2D eigenvalue weighted by Crippen LogP contribution is -2.05. The van der Waals surface area contributed by atoms with Crippen LogP contribution in [0, 0.1) is 0 Å². The summed E-state index contributed by atoms with van der Waals surface area (Å²) < 4.78 is 5.76. The molecule has 2 N–H and O–H groups in total. The Hall–Kier alpha value is -1.51. The maximum absolute atomic E-state index is 6.21. The lowest BCUT2D eigenvalue weighted by Gasteiger charge is -2.11. The molecule has 0 radical (unpaired) electrons. The Bertz CT molecular complexity index is 564. The average molecular weight is 290 g/mol. The van der Waals surface area contributed by atoms with E-state index in [1.54, 1.807) is 0 Å². The monoisotopic (exact) mass is 289 g/mol. The summed E-state index contributed by atoms with van der Waals surface area (Å²) in [6, 6.07) is 14.1. The summed E-state index contributed by atoms with van der Waals surface area (Å²) in [6.45, 7) is 4.59. The quantitative estimate of drug-likeness (QED) is 0.879. The zero-order valence-electron chi connectivity index (χ0n) is 11.9. The van der Waals surface area contributed by atoms with Crippen LogP contribution in [-0.2, 0) is 13.0 Å². The van der Waals surface area contributed by atoms with E-state index in [4.69, 9.17) is 22.1 Å². The van der Waals surface area contributed by atoms with Crippen LogP contribution < -0.4 is 10.5 Å². The van der Waals surface area contributed by atoms with Crippen molar-refractivity contribution in [3.8, 4) is 5.75 Å². The van der Waals surface area contributed by atoms with Crippen molar-refractivity contribution in [1.29, 1.82) is 0 Å². The normalized spacial score (nSPS) is 12.2. The van der Waals surface area contributed by atoms with Crippen LogP contribution >= 0.6 is 11.6 Å². The van der Waals surface area contributed by atoms with Crippen molar-refractivity contribution in [2.45, 2.75) is 32.9 Å². The van der Waals surface area contributed by atoms with Crippen LogP contribution in [-0.4, -0.2) is 0 Å². The van der Waals surface area contributed by atoms with Gasteiger partial charge in [0.05, 0.1) is 5.02 Å². The van der Waals surface area contributed by atoms with E-state index in [1.807, 2.05) is 25.1 Å². The standard InChI is InChI=1S/C17H20ClNO/c1-3-13-4-6-14(7-5-13)11-20-17-9-8-15(12(2)19)10-16(17)18/h4-10,12H,3,11,19H2,1-2H3/t12-/m1/s1. The van der Waals surface area contributed by atoms with E-state index in [9.17, 15) is 0 Å². The summed E-state index contributed by atoms with van der Waals surface area (Å²) in [6.07, 6.45) is 1.05. The number of hydrogen-bond acceptors (Lipinski definition) is 2. The molecule has 0 aliphatic heterocycles. The molecule has 0 saturated heterocycles. The van der Waals surface area contributed by atoms with Crippen LogP contribution in [0.4, 0.5) is 0 Å². The molecule has 0 amide bonds. The molecule has 0 aliphatic carbocycles. The van der Waals surface area contributed by atoms with Crippen molar-refractivity contribution < 1.29 is 4.74 Å². The lowest BCUT2D eigenvalue weighted by atomic mass is 10.1. The molecule has 106 valence electrons. The van der Waals surface area contributed by atoms with Gasteiger partial charge in [-0.3, -0.25) is 0 Å². The number of aryl methyl sites for hydroxylation is 1. The van der Waals surface area contributed by atoms with E-state index in [-0.39, 0.29) is 6.04 Å². The fraction of sp³-hybridized carbons (Fsp3) is 0.294. The Morgan fingerprint density at radius 2 is 1.75 bits per heavy atom. The first-order valence-corrected chi connectivity index (χ1v) is 7.23. The summed E-state index contributed by atoms with van der Waals surface area (Å²) in [5, 5.41) is 0.602. The van der Waals surface area contributed by atoms with E-state index in [0.29, 0.717) is 17.4 Å². The first-order valence-electron chi connectivity index (χ1n) is 6.85. The van der Waals surface area contributed by atoms with Crippen LogP contribution in [0.2, 0.25) is 5.02 Å². The van der Waals surface area contributed by atoms with Crippen molar-refractivity contribution in [1.82, 2.24) is 0 Å². The SMILES string of the molecule is CCc1ccc(COc2ccc([C@@H](C)N)cc2Cl)cc1. The molecule has 2 nitrogen and oxygen atoms in total. The molecule has 0 aliphatic rings. The Labute approximate surface area is 125 Å². The third-order valence-corrected chi connectivity index (χ3v) is 3.60. The fourth-order valence-electron chi connectivity index (χ4n) is 1.95. The van der Waals surface area contributed by atoms with Gasteiger partial charge < -0.3 is 10.5 Å². The van der Waals surface area contributed by atoms with E-state index in [2.05, 4.69) is 31.2 Å². The molecule has 0 bridgehead atoms.